The van der Waals surface area contributed by atoms with E-state index < -0.39 is 45.0 Å². The first kappa shape index (κ1) is 60.4. The summed E-state index contributed by atoms with van der Waals surface area (Å²) in [7, 11) is -4.26. The number of aromatic nitrogens is 4. The molecule has 4 bridgehead atoms. The number of primary sulfonamides is 1. The van der Waals surface area contributed by atoms with Crippen LogP contribution in [-0.2, 0) is 43.3 Å². The maximum absolute atomic E-state index is 16.3. The van der Waals surface area contributed by atoms with Crippen LogP contribution in [0.25, 0.3) is 22.1 Å². The Balaban J connectivity index is 0.609. The normalized spacial score (nSPS) is 24.5. The summed E-state index contributed by atoms with van der Waals surface area (Å²) in [6.45, 7) is 7.10. The van der Waals surface area contributed by atoms with Crippen LogP contribution in [0.3, 0.4) is 0 Å². The highest BCUT2D eigenvalue weighted by Crippen LogP contribution is 2.48. The Labute approximate surface area is 514 Å². The van der Waals surface area contributed by atoms with Crippen LogP contribution >= 0.6 is 0 Å². The van der Waals surface area contributed by atoms with Gasteiger partial charge in [0, 0.05) is 62.4 Å². The van der Waals surface area contributed by atoms with E-state index in [-0.39, 0.29) is 60.9 Å². The number of halogens is 4. The predicted octanol–water partition coefficient (Wildman–Crippen LogP) is 12.1. The van der Waals surface area contributed by atoms with Crippen molar-refractivity contribution in [3.63, 3.8) is 0 Å². The Hall–Kier alpha value is -6.47. The first-order chi connectivity index (χ1) is 42.4. The van der Waals surface area contributed by atoms with Crippen molar-refractivity contribution in [2.75, 3.05) is 39.3 Å². The van der Waals surface area contributed by atoms with E-state index in [0.29, 0.717) is 80.6 Å². The fourth-order valence-corrected chi connectivity index (χ4v) is 18.2. The zero-order valence-corrected chi connectivity index (χ0v) is 51.6. The van der Waals surface area contributed by atoms with Gasteiger partial charge in [-0.1, -0.05) is 60.7 Å². The minimum atomic E-state index is -4.26. The second kappa shape index (κ2) is 24.7. The van der Waals surface area contributed by atoms with Crippen LogP contribution in [0.15, 0.2) is 120 Å². The van der Waals surface area contributed by atoms with E-state index >= 15 is 8.78 Å². The molecule has 5 aromatic carbocycles. The number of piperidine rings is 4. The number of aryl methyl sites for hydroxylation is 4. The topological polar surface area (TPSA) is 143 Å². The molecule has 88 heavy (non-hydrogen) atoms. The van der Waals surface area contributed by atoms with E-state index in [2.05, 4.69) is 69.2 Å². The van der Waals surface area contributed by atoms with Crippen LogP contribution in [0.1, 0.15) is 149 Å². The first-order valence-corrected chi connectivity index (χ1v) is 33.9. The van der Waals surface area contributed by atoms with E-state index in [0.717, 1.165) is 111 Å². The zero-order valence-electron chi connectivity index (χ0n) is 50.8. The van der Waals surface area contributed by atoms with Crippen molar-refractivity contribution >= 4 is 43.9 Å². The van der Waals surface area contributed by atoms with Crippen molar-refractivity contribution in [1.29, 1.82) is 0 Å². The lowest BCUT2D eigenvalue weighted by molar-refractivity contribution is -0.139. The molecule has 6 unspecified atom stereocenters. The van der Waals surface area contributed by atoms with E-state index in [9.17, 15) is 26.8 Å². The van der Waals surface area contributed by atoms with Crippen LogP contribution in [0, 0.1) is 25.5 Å². The number of imidazole rings is 2. The monoisotopic (exact) mass is 1220 g/mol. The van der Waals surface area contributed by atoms with Gasteiger partial charge < -0.3 is 18.9 Å². The highest BCUT2D eigenvalue weighted by atomic mass is 32.2. The maximum atomic E-state index is 16.3. The molecule has 2 amide bonds. The molecule has 7 aromatic rings. The second-order valence-corrected chi connectivity index (χ2v) is 28.3. The Bertz CT molecular complexity index is 3790. The lowest BCUT2D eigenvalue weighted by Gasteiger charge is -2.46. The summed E-state index contributed by atoms with van der Waals surface area (Å²) in [5.41, 5.74) is 6.15. The van der Waals surface area contributed by atoms with Gasteiger partial charge in [0.05, 0.1) is 27.0 Å². The lowest BCUT2D eigenvalue weighted by atomic mass is 9.70. The number of hydrogen-bond acceptors (Lipinski definition) is 8. The fraction of sp³-hybridized carbons (Fsp3) is 0.514. The molecule has 466 valence electrons. The molecule has 18 heteroatoms. The van der Waals surface area contributed by atoms with Gasteiger partial charge in [0.15, 0.2) is 12.3 Å². The highest BCUT2D eigenvalue weighted by molar-refractivity contribution is 7.89. The van der Waals surface area contributed by atoms with Gasteiger partial charge >= 0.3 is 0 Å². The van der Waals surface area contributed by atoms with Crippen molar-refractivity contribution in [3.8, 4) is 0 Å². The summed E-state index contributed by atoms with van der Waals surface area (Å²) >= 11 is 0. The molecule has 13 rings (SSSR count). The number of alkyl halides is 2. The van der Waals surface area contributed by atoms with Gasteiger partial charge in [0.1, 0.15) is 23.3 Å². The molecule has 6 aliphatic heterocycles. The molecule has 0 saturated carbocycles. The summed E-state index contributed by atoms with van der Waals surface area (Å²) in [5, 5.41) is 5.67. The van der Waals surface area contributed by atoms with Gasteiger partial charge in [-0.25, -0.2) is 41.1 Å². The molecular weight excluding hydrogens is 1140 g/mol. The minimum Gasteiger partial charge on any atom is -0.340 e. The summed E-state index contributed by atoms with van der Waals surface area (Å²) in [5.74, 6) is 0.172. The predicted molar refractivity (Wildman–Crippen MR) is 334 cm³/mol. The quantitative estimate of drug-likeness (QED) is 0.0789. The molecular formula is C70H83F4N9O4S. The number of fused-ring (bicyclic) bond motifs is 6. The van der Waals surface area contributed by atoms with Gasteiger partial charge in [-0.3, -0.25) is 19.4 Å². The number of amides is 2. The van der Waals surface area contributed by atoms with Crippen molar-refractivity contribution in [2.45, 2.75) is 194 Å². The van der Waals surface area contributed by atoms with Crippen molar-refractivity contribution < 1.29 is 35.6 Å². The third-order valence-electron chi connectivity index (χ3n) is 21.9. The summed E-state index contributed by atoms with van der Waals surface area (Å²) in [6, 6.07) is 37.1. The number of nitrogens with two attached hydrogens (primary N) is 1. The number of hydrogen-bond donors (Lipinski definition) is 1. The van der Waals surface area contributed by atoms with Crippen LogP contribution in [0.5, 0.6) is 0 Å². The van der Waals surface area contributed by atoms with Crippen LogP contribution in [0.4, 0.5) is 17.6 Å². The summed E-state index contributed by atoms with van der Waals surface area (Å²) in [6.07, 6.45) is 8.18. The number of rotatable bonds is 19. The minimum absolute atomic E-state index is 0.0998. The van der Waals surface area contributed by atoms with E-state index in [1.165, 1.54) is 35.3 Å². The van der Waals surface area contributed by atoms with E-state index in [1.54, 1.807) is 40.1 Å². The molecule has 2 N–H and O–H groups in total. The number of para-hydroxylation sites is 4. The summed E-state index contributed by atoms with van der Waals surface area (Å²) in [4.78, 5) is 45.8. The second-order valence-electron chi connectivity index (χ2n) is 26.8. The largest absolute Gasteiger partial charge is 0.340 e. The Morgan fingerprint density at radius 1 is 0.557 bits per heavy atom. The van der Waals surface area contributed by atoms with Gasteiger partial charge in [0.25, 0.3) is 11.8 Å². The number of carbonyl (C=O) groups is 2. The fourth-order valence-electron chi connectivity index (χ4n) is 17.4. The number of carbonyl (C=O) groups excluding carboxylic acids is 2. The van der Waals surface area contributed by atoms with E-state index in [4.69, 9.17) is 15.1 Å². The molecule has 8 heterocycles. The molecule has 6 fully saturated rings. The average molecular weight is 1220 g/mol. The van der Waals surface area contributed by atoms with Gasteiger partial charge in [-0.05, 0) is 230 Å². The van der Waals surface area contributed by atoms with Gasteiger partial charge in [-0.15, -0.1) is 0 Å². The maximum Gasteiger partial charge on any atom is 0.257 e. The van der Waals surface area contributed by atoms with Crippen molar-refractivity contribution in [1.82, 2.24) is 38.7 Å². The molecule has 0 spiro atoms. The lowest BCUT2D eigenvalue weighted by Crippen LogP contribution is -2.50. The smallest absolute Gasteiger partial charge is 0.257 e. The summed E-state index contributed by atoms with van der Waals surface area (Å²) < 4.78 is 93.1. The first-order valence-electron chi connectivity index (χ1n) is 32.3. The third kappa shape index (κ3) is 12.0. The Morgan fingerprint density at radius 2 is 0.977 bits per heavy atom. The van der Waals surface area contributed by atoms with Gasteiger partial charge in [0.2, 0.25) is 10.0 Å². The van der Waals surface area contributed by atoms with E-state index in [1.807, 2.05) is 24.3 Å². The van der Waals surface area contributed by atoms with Crippen LogP contribution < -0.4 is 5.14 Å². The Morgan fingerprint density at radius 3 is 1.40 bits per heavy atom. The standard InChI is InChI=1S/C70H83F4N9O4S/c1-46-76-62-13-3-5-15-64(62)82(46)58-42-54-20-21-55(43-58)80(54)37-31-69(50-9-7-11-52(71)40-50)27-33-78(34-28-69)67(84)60(73)24-17-48-18-26-66(88(75,86)87)49(39-48)19-25-61(74)68(85)79-35-29-70(30-36-79,51-10-8-12-53(72)41-51)32-38-81-56-22-23-57(81)45-59(44-56)83-47(2)77-63-14-4-6-16-65(63)83/h3-16,18,26,39-41,54-61H,17,19-25,27-38,42-45H2,1-2H3,(H2,75,86,87). The number of nitrogens with zero attached hydrogens (tertiary/aromatic N) is 8. The molecule has 6 atom stereocenters. The third-order valence-corrected chi connectivity index (χ3v) is 23.0. The molecule has 6 aliphatic rings. The van der Waals surface area contributed by atoms with Gasteiger partial charge in [-0.2, -0.15) is 0 Å². The SMILES string of the molecule is Cc1nc2ccccc2n1C1CC2CCC(C1)N2CCC1(c2cccc(F)c2)CCN(C(=O)C(F)CCc2ccc(S(N)(=O)=O)c(CCC(F)C(=O)N3CCC(CCN4C5CCC4CC(n4c(C)nc6ccccc64)C5)(c4cccc(F)c4)CC3)c2)CC1. The molecule has 6 saturated heterocycles. The average Bonchev–Trinajstić information content (AvgIpc) is 3.63. The number of sulfonamides is 1. The molecule has 0 aliphatic carbocycles. The molecule has 0 radical (unpaired) electrons. The highest BCUT2D eigenvalue weighted by Gasteiger charge is 2.47. The molecule has 2 aromatic heterocycles. The van der Waals surface area contributed by atoms with Crippen molar-refractivity contribution in [3.05, 3.63) is 161 Å². The van der Waals surface area contributed by atoms with Crippen LogP contribution in [-0.4, -0.2) is 135 Å². The number of benzene rings is 5. The van der Waals surface area contributed by atoms with Crippen LogP contribution in [0.2, 0.25) is 0 Å². The van der Waals surface area contributed by atoms with Crippen molar-refractivity contribution in [2.24, 2.45) is 5.14 Å². The zero-order chi connectivity index (χ0) is 61.1. The molecule has 13 nitrogen and oxygen atoms in total. The Kier molecular flexibility index (Phi) is 17.0. The number of likely N-dealkylation sites (tertiary alicyclic amines) is 2.